The normalized spacial score (nSPS) is 11.6. The molecule has 1 rings (SSSR count). The summed E-state index contributed by atoms with van der Waals surface area (Å²) in [6.45, 7) is 1.94. The Morgan fingerprint density at radius 1 is 1.61 bits per heavy atom. The number of nitrogens with zero attached hydrogens (tertiary/aromatic N) is 1. The van der Waals surface area contributed by atoms with Gasteiger partial charge in [0.25, 0.3) is 0 Å². The Hall–Kier alpha value is -2.09. The highest BCUT2D eigenvalue weighted by molar-refractivity contribution is 5.69. The Kier molecular flexibility index (Phi) is 5.12. The van der Waals surface area contributed by atoms with E-state index in [0.717, 1.165) is 6.42 Å². The topological polar surface area (TPSA) is 73.1 Å². The molecule has 0 radical (unpaired) electrons. The predicted octanol–water partition coefficient (Wildman–Crippen LogP) is 2.75. The molecule has 0 amide bonds. The van der Waals surface area contributed by atoms with Crippen LogP contribution in [0.2, 0.25) is 0 Å². The van der Waals surface area contributed by atoms with Crippen LogP contribution >= 0.6 is 0 Å². The Balaban J connectivity index is 2.90. The number of anilines is 1. The standard InChI is InChI=1S/C13H15FN2O2/c1-2-4-9(7-13(17)18)16-12-6-3-5-11(14)10(12)8-15/h3,5-6,9,16H,2,4,7H2,1H3,(H,17,18). The average Bonchev–Trinajstić information content (AvgIpc) is 2.28. The number of carboxylic acids is 1. The van der Waals surface area contributed by atoms with E-state index in [2.05, 4.69) is 5.32 Å². The molecule has 0 saturated carbocycles. The lowest BCUT2D eigenvalue weighted by molar-refractivity contribution is -0.137. The van der Waals surface area contributed by atoms with Crippen LogP contribution in [0.5, 0.6) is 0 Å². The van der Waals surface area contributed by atoms with E-state index in [1.807, 2.05) is 6.92 Å². The second-order valence-electron chi connectivity index (χ2n) is 4.00. The number of nitriles is 1. The summed E-state index contributed by atoms with van der Waals surface area (Å²) in [4.78, 5) is 10.7. The first-order chi connectivity index (χ1) is 8.58. The molecule has 1 aromatic rings. The summed E-state index contributed by atoms with van der Waals surface area (Å²) in [5, 5.41) is 20.6. The van der Waals surface area contributed by atoms with Gasteiger partial charge in [0.2, 0.25) is 0 Å². The van der Waals surface area contributed by atoms with Crippen LogP contribution in [-0.2, 0) is 4.79 Å². The number of carbonyl (C=O) groups is 1. The molecular weight excluding hydrogens is 235 g/mol. The van der Waals surface area contributed by atoms with Gasteiger partial charge in [-0.05, 0) is 18.6 Å². The molecule has 0 aliphatic rings. The van der Waals surface area contributed by atoms with E-state index in [9.17, 15) is 9.18 Å². The van der Waals surface area contributed by atoms with Gasteiger partial charge in [-0.1, -0.05) is 19.4 Å². The number of hydrogen-bond donors (Lipinski definition) is 2. The molecule has 18 heavy (non-hydrogen) atoms. The molecule has 1 unspecified atom stereocenters. The minimum absolute atomic E-state index is 0.0603. The monoisotopic (exact) mass is 250 g/mol. The number of benzene rings is 1. The van der Waals surface area contributed by atoms with Crippen molar-refractivity contribution in [2.24, 2.45) is 0 Å². The molecule has 0 aliphatic heterocycles. The third kappa shape index (κ3) is 3.74. The van der Waals surface area contributed by atoms with Crippen molar-refractivity contribution in [3.05, 3.63) is 29.6 Å². The zero-order valence-electron chi connectivity index (χ0n) is 10.1. The lowest BCUT2D eigenvalue weighted by atomic mass is 10.1. The molecule has 0 saturated heterocycles. The molecular formula is C13H15FN2O2. The van der Waals surface area contributed by atoms with Crippen LogP contribution in [0.4, 0.5) is 10.1 Å². The van der Waals surface area contributed by atoms with E-state index in [1.165, 1.54) is 12.1 Å². The van der Waals surface area contributed by atoms with Gasteiger partial charge in [0.05, 0.1) is 12.1 Å². The second kappa shape index (κ2) is 6.60. The zero-order chi connectivity index (χ0) is 13.5. The number of rotatable bonds is 6. The molecule has 1 atom stereocenters. The minimum atomic E-state index is -0.920. The maximum absolute atomic E-state index is 13.4. The van der Waals surface area contributed by atoms with Crippen LogP contribution in [-0.4, -0.2) is 17.1 Å². The lowest BCUT2D eigenvalue weighted by Crippen LogP contribution is -2.23. The summed E-state index contributed by atoms with van der Waals surface area (Å²) < 4.78 is 13.4. The van der Waals surface area contributed by atoms with Crippen molar-refractivity contribution in [3.8, 4) is 6.07 Å². The van der Waals surface area contributed by atoms with Crippen molar-refractivity contribution >= 4 is 11.7 Å². The maximum Gasteiger partial charge on any atom is 0.305 e. The van der Waals surface area contributed by atoms with Crippen molar-refractivity contribution in [1.29, 1.82) is 5.26 Å². The van der Waals surface area contributed by atoms with Crippen LogP contribution in [0.1, 0.15) is 31.7 Å². The summed E-state index contributed by atoms with van der Waals surface area (Å²) in [6.07, 6.45) is 1.39. The molecule has 0 aliphatic carbocycles. The second-order valence-corrected chi connectivity index (χ2v) is 4.00. The van der Waals surface area contributed by atoms with E-state index in [0.29, 0.717) is 12.1 Å². The molecule has 4 nitrogen and oxygen atoms in total. The van der Waals surface area contributed by atoms with Crippen molar-refractivity contribution in [2.75, 3.05) is 5.32 Å². The molecule has 2 N–H and O–H groups in total. The van der Waals surface area contributed by atoms with Crippen molar-refractivity contribution < 1.29 is 14.3 Å². The summed E-state index contributed by atoms with van der Waals surface area (Å²) in [7, 11) is 0. The molecule has 1 aromatic carbocycles. The first-order valence-corrected chi connectivity index (χ1v) is 5.75. The smallest absolute Gasteiger partial charge is 0.305 e. The first-order valence-electron chi connectivity index (χ1n) is 5.75. The summed E-state index contributed by atoms with van der Waals surface area (Å²) in [5.41, 5.74) is 0.265. The minimum Gasteiger partial charge on any atom is -0.481 e. The fourth-order valence-electron chi connectivity index (χ4n) is 1.76. The van der Waals surface area contributed by atoms with E-state index in [1.54, 1.807) is 12.1 Å². The van der Waals surface area contributed by atoms with Crippen molar-refractivity contribution in [2.45, 2.75) is 32.2 Å². The number of nitrogens with one attached hydrogen (secondary N) is 1. The van der Waals surface area contributed by atoms with Crippen LogP contribution < -0.4 is 5.32 Å². The van der Waals surface area contributed by atoms with Crippen LogP contribution in [0.3, 0.4) is 0 Å². The highest BCUT2D eigenvalue weighted by Gasteiger charge is 2.15. The quantitative estimate of drug-likeness (QED) is 0.814. The first kappa shape index (κ1) is 14.0. The van der Waals surface area contributed by atoms with Gasteiger partial charge in [0.1, 0.15) is 17.4 Å². The Labute approximate surface area is 105 Å². The van der Waals surface area contributed by atoms with Gasteiger partial charge >= 0.3 is 5.97 Å². The number of hydrogen-bond acceptors (Lipinski definition) is 3. The highest BCUT2D eigenvalue weighted by atomic mass is 19.1. The highest BCUT2D eigenvalue weighted by Crippen LogP contribution is 2.20. The van der Waals surface area contributed by atoms with Gasteiger partial charge in [-0.25, -0.2) is 4.39 Å². The molecule has 0 bridgehead atoms. The lowest BCUT2D eigenvalue weighted by Gasteiger charge is -2.18. The summed E-state index contributed by atoms with van der Waals surface area (Å²) >= 11 is 0. The zero-order valence-corrected chi connectivity index (χ0v) is 10.1. The molecule has 96 valence electrons. The Bertz CT molecular complexity index is 469. The maximum atomic E-state index is 13.4. The van der Waals surface area contributed by atoms with Crippen LogP contribution in [0.15, 0.2) is 18.2 Å². The third-order valence-corrected chi connectivity index (χ3v) is 2.54. The van der Waals surface area contributed by atoms with Gasteiger partial charge in [0, 0.05) is 6.04 Å². The SMILES string of the molecule is CCCC(CC(=O)O)Nc1cccc(F)c1C#N. The van der Waals surface area contributed by atoms with Crippen LogP contribution in [0.25, 0.3) is 0 Å². The van der Waals surface area contributed by atoms with Crippen molar-refractivity contribution in [3.63, 3.8) is 0 Å². The van der Waals surface area contributed by atoms with E-state index >= 15 is 0 Å². The Morgan fingerprint density at radius 3 is 2.89 bits per heavy atom. The largest absolute Gasteiger partial charge is 0.481 e. The van der Waals surface area contributed by atoms with Crippen LogP contribution in [0, 0.1) is 17.1 Å². The van der Waals surface area contributed by atoms with Gasteiger partial charge in [-0.3, -0.25) is 4.79 Å². The van der Waals surface area contributed by atoms with Gasteiger partial charge in [-0.2, -0.15) is 5.26 Å². The third-order valence-electron chi connectivity index (χ3n) is 2.54. The fraction of sp³-hybridized carbons (Fsp3) is 0.385. The fourth-order valence-corrected chi connectivity index (χ4v) is 1.76. The number of aliphatic carboxylic acids is 1. The van der Waals surface area contributed by atoms with Crippen molar-refractivity contribution in [1.82, 2.24) is 0 Å². The number of halogens is 1. The predicted molar refractivity (Wildman–Crippen MR) is 65.7 cm³/mol. The van der Waals surface area contributed by atoms with Gasteiger partial charge in [-0.15, -0.1) is 0 Å². The average molecular weight is 250 g/mol. The van der Waals surface area contributed by atoms with E-state index < -0.39 is 11.8 Å². The summed E-state index contributed by atoms with van der Waals surface area (Å²) in [5.74, 6) is -1.52. The molecule has 0 heterocycles. The van der Waals surface area contributed by atoms with Gasteiger partial charge < -0.3 is 10.4 Å². The number of carboxylic acid groups (broad SMARTS) is 1. The van der Waals surface area contributed by atoms with E-state index in [-0.39, 0.29) is 18.0 Å². The molecule has 0 spiro atoms. The molecule has 0 fully saturated rings. The molecule has 5 heteroatoms. The van der Waals surface area contributed by atoms with Gasteiger partial charge in [0.15, 0.2) is 0 Å². The van der Waals surface area contributed by atoms with E-state index in [4.69, 9.17) is 10.4 Å². The Morgan fingerprint density at radius 2 is 2.33 bits per heavy atom. The summed E-state index contributed by atoms with van der Waals surface area (Å²) in [6, 6.07) is 5.74. The molecule has 0 aromatic heterocycles.